The van der Waals surface area contributed by atoms with Crippen molar-refractivity contribution in [3.63, 3.8) is 0 Å². The molecule has 17 heavy (non-hydrogen) atoms. The molecular formula is C15H26O2. The molecule has 0 atom stereocenters. The molecule has 0 saturated carbocycles. The van der Waals surface area contributed by atoms with Gasteiger partial charge in [0.1, 0.15) is 0 Å². The van der Waals surface area contributed by atoms with Gasteiger partial charge in [-0.3, -0.25) is 0 Å². The molecule has 0 rings (SSSR count). The van der Waals surface area contributed by atoms with Gasteiger partial charge in [0.05, 0.1) is 0 Å². The zero-order chi connectivity index (χ0) is 12.8. The number of carbonyl (C=O) groups is 1. The van der Waals surface area contributed by atoms with Gasteiger partial charge in [0.25, 0.3) is 0 Å². The van der Waals surface area contributed by atoms with E-state index in [9.17, 15) is 4.79 Å². The predicted molar refractivity (Wildman–Crippen MR) is 71.9 cm³/mol. The van der Waals surface area contributed by atoms with Crippen LogP contribution in [0.4, 0.5) is 0 Å². The van der Waals surface area contributed by atoms with Crippen LogP contribution >= 0.6 is 0 Å². The Morgan fingerprint density at radius 2 is 1.35 bits per heavy atom. The Balaban J connectivity index is 3.04. The molecule has 0 heterocycles. The molecule has 0 fully saturated rings. The van der Waals surface area contributed by atoms with Crippen LogP contribution in [-0.2, 0) is 4.79 Å². The molecule has 0 bridgehead atoms. The first kappa shape index (κ1) is 16.0. The van der Waals surface area contributed by atoms with Crippen molar-refractivity contribution in [2.24, 2.45) is 0 Å². The van der Waals surface area contributed by atoms with Crippen LogP contribution in [-0.4, -0.2) is 11.1 Å². The lowest BCUT2D eigenvalue weighted by atomic mass is 10.1. The SMILES string of the molecule is CCCCCCCCCCCCC#CC(=O)O. The number of hydrogen-bond donors (Lipinski definition) is 1. The summed E-state index contributed by atoms with van der Waals surface area (Å²) in [4.78, 5) is 10.1. The molecule has 0 saturated heterocycles. The zero-order valence-electron chi connectivity index (χ0n) is 11.1. The highest BCUT2D eigenvalue weighted by Gasteiger charge is 1.92. The van der Waals surface area contributed by atoms with Crippen LogP contribution in [0.3, 0.4) is 0 Å². The summed E-state index contributed by atoms with van der Waals surface area (Å²) in [6.45, 7) is 2.24. The van der Waals surface area contributed by atoms with Crippen molar-refractivity contribution in [2.75, 3.05) is 0 Å². The number of carboxylic acid groups (broad SMARTS) is 1. The molecule has 0 aliphatic rings. The molecule has 0 spiro atoms. The van der Waals surface area contributed by atoms with Gasteiger partial charge in [-0.25, -0.2) is 4.79 Å². The van der Waals surface area contributed by atoms with Crippen molar-refractivity contribution >= 4 is 5.97 Å². The lowest BCUT2D eigenvalue weighted by Crippen LogP contribution is -1.86. The fourth-order valence-corrected chi connectivity index (χ4v) is 1.84. The predicted octanol–water partition coefficient (Wildman–Crippen LogP) is 4.39. The molecule has 1 N–H and O–H groups in total. The minimum Gasteiger partial charge on any atom is -0.472 e. The van der Waals surface area contributed by atoms with Crippen LogP contribution in [0, 0.1) is 11.8 Å². The van der Waals surface area contributed by atoms with E-state index >= 15 is 0 Å². The molecule has 2 nitrogen and oxygen atoms in total. The van der Waals surface area contributed by atoms with Gasteiger partial charge < -0.3 is 5.11 Å². The Kier molecular flexibility index (Phi) is 12.3. The summed E-state index contributed by atoms with van der Waals surface area (Å²) in [6.07, 6.45) is 13.7. The molecule has 98 valence electrons. The summed E-state index contributed by atoms with van der Waals surface area (Å²) in [5.41, 5.74) is 0. The second-order valence-corrected chi connectivity index (χ2v) is 4.54. The lowest BCUT2D eigenvalue weighted by Gasteiger charge is -2.00. The second kappa shape index (κ2) is 13.1. The summed E-state index contributed by atoms with van der Waals surface area (Å²) in [5.74, 6) is 3.79. The number of carboxylic acids is 1. The van der Waals surface area contributed by atoms with E-state index in [-0.39, 0.29) is 0 Å². The Morgan fingerprint density at radius 1 is 0.882 bits per heavy atom. The maximum atomic E-state index is 10.1. The van der Waals surface area contributed by atoms with Gasteiger partial charge in [-0.1, -0.05) is 70.6 Å². The van der Waals surface area contributed by atoms with Crippen LogP contribution in [0.5, 0.6) is 0 Å². The second-order valence-electron chi connectivity index (χ2n) is 4.54. The van der Waals surface area contributed by atoms with E-state index in [0.717, 1.165) is 12.8 Å². The minimum atomic E-state index is -1.02. The molecule has 0 aromatic rings. The van der Waals surface area contributed by atoms with Gasteiger partial charge in [0.15, 0.2) is 0 Å². The maximum Gasteiger partial charge on any atom is 0.381 e. The van der Waals surface area contributed by atoms with Gasteiger partial charge in [-0.2, -0.15) is 0 Å². The smallest absolute Gasteiger partial charge is 0.381 e. The van der Waals surface area contributed by atoms with Crippen LogP contribution in [0.1, 0.15) is 77.6 Å². The van der Waals surface area contributed by atoms with E-state index < -0.39 is 5.97 Å². The zero-order valence-corrected chi connectivity index (χ0v) is 11.1. The topological polar surface area (TPSA) is 37.3 Å². The van der Waals surface area contributed by atoms with E-state index in [2.05, 4.69) is 18.8 Å². The van der Waals surface area contributed by atoms with Gasteiger partial charge in [-0.05, 0) is 6.42 Å². The number of aliphatic carboxylic acids is 1. The standard InChI is InChI=1S/C15H26O2/c1-2-3-4-5-6-7-8-9-10-11-12-13-14-15(16)17/h2-12H2,1H3,(H,16,17). The highest BCUT2D eigenvalue weighted by atomic mass is 16.4. The van der Waals surface area contributed by atoms with Crippen LogP contribution in [0.25, 0.3) is 0 Å². The minimum absolute atomic E-state index is 0.725. The van der Waals surface area contributed by atoms with Crippen molar-refractivity contribution in [3.8, 4) is 11.8 Å². The summed E-state index contributed by atoms with van der Waals surface area (Å²) in [7, 11) is 0. The highest BCUT2D eigenvalue weighted by molar-refractivity contribution is 5.86. The Hall–Kier alpha value is -0.970. The molecule has 0 aliphatic heterocycles. The summed E-state index contributed by atoms with van der Waals surface area (Å²) < 4.78 is 0. The first-order chi connectivity index (χ1) is 8.27. The molecule has 0 aliphatic carbocycles. The molecule has 2 heteroatoms. The molecule has 0 aromatic carbocycles. The van der Waals surface area contributed by atoms with E-state index in [0.29, 0.717) is 0 Å². The molecule has 0 amide bonds. The molecule has 0 radical (unpaired) electrons. The van der Waals surface area contributed by atoms with Crippen molar-refractivity contribution in [2.45, 2.75) is 77.6 Å². The number of unbranched alkanes of at least 4 members (excludes halogenated alkanes) is 10. The quantitative estimate of drug-likeness (QED) is 0.453. The first-order valence-corrected chi connectivity index (χ1v) is 6.99. The fraction of sp³-hybridized carbons (Fsp3) is 0.800. The van der Waals surface area contributed by atoms with E-state index in [1.807, 2.05) is 0 Å². The summed E-state index contributed by atoms with van der Waals surface area (Å²) >= 11 is 0. The lowest BCUT2D eigenvalue weighted by molar-refractivity contribution is -0.130. The van der Waals surface area contributed by atoms with Crippen molar-refractivity contribution in [1.29, 1.82) is 0 Å². The number of hydrogen-bond acceptors (Lipinski definition) is 1. The van der Waals surface area contributed by atoms with E-state index in [1.54, 1.807) is 0 Å². The van der Waals surface area contributed by atoms with Crippen LogP contribution in [0.15, 0.2) is 0 Å². The van der Waals surface area contributed by atoms with E-state index in [1.165, 1.54) is 57.8 Å². The van der Waals surface area contributed by atoms with Crippen LogP contribution in [0.2, 0.25) is 0 Å². The number of rotatable bonds is 10. The first-order valence-electron chi connectivity index (χ1n) is 6.99. The van der Waals surface area contributed by atoms with Crippen LogP contribution < -0.4 is 0 Å². The van der Waals surface area contributed by atoms with Gasteiger partial charge in [0, 0.05) is 12.3 Å². The Morgan fingerprint density at radius 3 is 1.82 bits per heavy atom. The normalized spacial score (nSPS) is 9.71. The maximum absolute atomic E-state index is 10.1. The summed E-state index contributed by atoms with van der Waals surface area (Å²) in [6, 6.07) is 0. The Bertz CT molecular complexity index is 235. The van der Waals surface area contributed by atoms with Crippen molar-refractivity contribution in [3.05, 3.63) is 0 Å². The average Bonchev–Trinajstić information content (AvgIpc) is 2.30. The largest absolute Gasteiger partial charge is 0.472 e. The average molecular weight is 238 g/mol. The fourth-order valence-electron chi connectivity index (χ4n) is 1.84. The van der Waals surface area contributed by atoms with Gasteiger partial charge in [0.2, 0.25) is 0 Å². The van der Waals surface area contributed by atoms with E-state index in [4.69, 9.17) is 5.11 Å². The van der Waals surface area contributed by atoms with Crippen molar-refractivity contribution in [1.82, 2.24) is 0 Å². The van der Waals surface area contributed by atoms with Gasteiger partial charge in [-0.15, -0.1) is 0 Å². The highest BCUT2D eigenvalue weighted by Crippen LogP contribution is 2.10. The monoisotopic (exact) mass is 238 g/mol. The van der Waals surface area contributed by atoms with Gasteiger partial charge >= 0.3 is 5.97 Å². The third-order valence-corrected chi connectivity index (χ3v) is 2.85. The molecule has 0 unspecified atom stereocenters. The third-order valence-electron chi connectivity index (χ3n) is 2.85. The Labute approximate surface area is 106 Å². The third kappa shape index (κ3) is 15.0. The molecule has 0 aromatic heterocycles. The summed E-state index contributed by atoms with van der Waals surface area (Å²) in [5, 5.41) is 8.30. The van der Waals surface area contributed by atoms with Crippen molar-refractivity contribution < 1.29 is 9.90 Å². The molecular weight excluding hydrogens is 212 g/mol.